The van der Waals surface area contributed by atoms with E-state index in [2.05, 4.69) is 4.98 Å². The minimum Gasteiger partial charge on any atom is -0.465 e. The van der Waals surface area contributed by atoms with Crippen molar-refractivity contribution >= 4 is 27.5 Å². The molecule has 2 aromatic rings. The van der Waals surface area contributed by atoms with Gasteiger partial charge in [-0.05, 0) is 25.8 Å². The highest BCUT2D eigenvalue weighted by molar-refractivity contribution is 7.18. The second kappa shape index (κ2) is 6.10. The molecule has 2 heterocycles. The monoisotopic (exact) mass is 304 g/mol. The van der Waals surface area contributed by atoms with Crippen molar-refractivity contribution in [2.24, 2.45) is 0 Å². The lowest BCUT2D eigenvalue weighted by molar-refractivity contribution is -0.150. The molecule has 1 aliphatic rings. The van der Waals surface area contributed by atoms with E-state index < -0.39 is 5.41 Å². The maximum atomic E-state index is 12.7. The van der Waals surface area contributed by atoms with Gasteiger partial charge in [0.25, 0.3) is 0 Å². The predicted octanol–water partition coefficient (Wildman–Crippen LogP) is 3.85. The Hall–Kier alpha value is -1.49. The molecule has 0 spiro atoms. The van der Waals surface area contributed by atoms with Gasteiger partial charge in [-0.25, -0.2) is 4.98 Å². The third-order valence-corrected chi connectivity index (χ3v) is 5.46. The van der Waals surface area contributed by atoms with Crippen LogP contribution in [-0.4, -0.2) is 22.5 Å². The molecule has 0 bridgehead atoms. The summed E-state index contributed by atoms with van der Waals surface area (Å²) in [5, 5.41) is 0.908. The van der Waals surface area contributed by atoms with Crippen molar-refractivity contribution in [3.05, 3.63) is 23.5 Å². The largest absolute Gasteiger partial charge is 0.465 e. The second-order valence-corrected chi connectivity index (χ2v) is 6.61. The van der Waals surface area contributed by atoms with Crippen LogP contribution in [0.5, 0.6) is 0 Å². The third kappa shape index (κ3) is 2.67. The molecule has 2 aromatic heterocycles. The summed E-state index contributed by atoms with van der Waals surface area (Å²) in [7, 11) is 0. The number of pyridine rings is 1. The molecule has 0 aromatic carbocycles. The molecule has 5 heteroatoms. The Balaban J connectivity index is 2.06. The quantitative estimate of drug-likeness (QED) is 0.638. The van der Waals surface area contributed by atoms with Gasteiger partial charge in [0, 0.05) is 6.20 Å². The molecule has 0 amide bonds. The number of esters is 1. The first-order valence-electron chi connectivity index (χ1n) is 7.64. The Morgan fingerprint density at radius 1 is 1.33 bits per heavy atom. The Kier molecular flexibility index (Phi) is 4.19. The van der Waals surface area contributed by atoms with Gasteiger partial charge in [0.05, 0.1) is 23.0 Å². The smallest absolute Gasteiger partial charge is 0.319 e. The number of aromatic nitrogens is 2. The van der Waals surface area contributed by atoms with E-state index in [9.17, 15) is 4.79 Å². The molecule has 1 fully saturated rings. The van der Waals surface area contributed by atoms with Gasteiger partial charge in [-0.1, -0.05) is 25.7 Å². The number of thiazole rings is 1. The van der Waals surface area contributed by atoms with Crippen molar-refractivity contribution in [2.45, 2.75) is 50.9 Å². The topological polar surface area (TPSA) is 52.1 Å². The summed E-state index contributed by atoms with van der Waals surface area (Å²) in [6.07, 6.45) is 9.73. The van der Waals surface area contributed by atoms with Crippen molar-refractivity contribution in [1.82, 2.24) is 9.97 Å². The standard InChI is InChI=1S/C16H20N2O2S/c1-2-20-15(19)16(8-5-3-4-6-9-16)14-18-12-11-17-10-7-13(12)21-14/h7,10-11H,2-6,8-9H2,1H3. The van der Waals surface area contributed by atoms with Crippen molar-refractivity contribution in [3.8, 4) is 0 Å². The molecule has 1 saturated carbocycles. The molecule has 0 aliphatic heterocycles. The number of hydrogen-bond donors (Lipinski definition) is 0. The van der Waals surface area contributed by atoms with Gasteiger partial charge < -0.3 is 4.74 Å². The zero-order valence-corrected chi connectivity index (χ0v) is 13.1. The summed E-state index contributed by atoms with van der Waals surface area (Å²) in [5.74, 6) is -0.0982. The molecule has 0 radical (unpaired) electrons. The van der Waals surface area contributed by atoms with E-state index in [0.717, 1.165) is 40.9 Å². The summed E-state index contributed by atoms with van der Waals surface area (Å²) in [5.41, 5.74) is 0.335. The van der Waals surface area contributed by atoms with E-state index in [4.69, 9.17) is 9.72 Å². The van der Waals surface area contributed by atoms with Crippen LogP contribution in [0.15, 0.2) is 18.5 Å². The number of carbonyl (C=O) groups excluding carboxylic acids is 1. The zero-order chi connectivity index (χ0) is 14.7. The fourth-order valence-electron chi connectivity index (χ4n) is 3.09. The first kappa shape index (κ1) is 14.4. The number of fused-ring (bicyclic) bond motifs is 1. The van der Waals surface area contributed by atoms with E-state index in [1.165, 1.54) is 12.8 Å². The molecular weight excluding hydrogens is 284 g/mol. The van der Waals surface area contributed by atoms with Crippen LogP contribution in [0.3, 0.4) is 0 Å². The number of hydrogen-bond acceptors (Lipinski definition) is 5. The first-order chi connectivity index (χ1) is 10.3. The van der Waals surface area contributed by atoms with E-state index in [0.29, 0.717) is 6.61 Å². The maximum absolute atomic E-state index is 12.7. The van der Waals surface area contributed by atoms with Crippen LogP contribution in [0.1, 0.15) is 50.5 Å². The maximum Gasteiger partial charge on any atom is 0.319 e. The van der Waals surface area contributed by atoms with Crippen molar-refractivity contribution in [2.75, 3.05) is 6.61 Å². The van der Waals surface area contributed by atoms with E-state index in [-0.39, 0.29) is 5.97 Å². The van der Waals surface area contributed by atoms with Crippen LogP contribution in [0.25, 0.3) is 10.2 Å². The van der Waals surface area contributed by atoms with Gasteiger partial charge in [0.2, 0.25) is 0 Å². The molecule has 21 heavy (non-hydrogen) atoms. The highest BCUT2D eigenvalue weighted by Gasteiger charge is 2.44. The molecule has 0 unspecified atom stereocenters. The second-order valence-electron chi connectivity index (χ2n) is 5.58. The summed E-state index contributed by atoms with van der Waals surface area (Å²) in [6, 6.07) is 1.96. The fourth-order valence-corrected chi connectivity index (χ4v) is 4.26. The number of carbonyl (C=O) groups is 1. The highest BCUT2D eigenvalue weighted by atomic mass is 32.1. The van der Waals surface area contributed by atoms with Crippen LogP contribution < -0.4 is 0 Å². The molecule has 3 rings (SSSR count). The lowest BCUT2D eigenvalue weighted by atomic mass is 9.81. The van der Waals surface area contributed by atoms with Crippen LogP contribution in [0, 0.1) is 0 Å². The number of ether oxygens (including phenoxy) is 1. The van der Waals surface area contributed by atoms with Gasteiger partial charge in [-0.2, -0.15) is 0 Å². The summed E-state index contributed by atoms with van der Waals surface area (Å²) < 4.78 is 6.49. The lowest BCUT2D eigenvalue weighted by Crippen LogP contribution is -2.37. The highest BCUT2D eigenvalue weighted by Crippen LogP contribution is 2.42. The third-order valence-electron chi connectivity index (χ3n) is 4.22. The van der Waals surface area contributed by atoms with E-state index in [1.807, 2.05) is 13.0 Å². The molecule has 0 N–H and O–H groups in total. The predicted molar refractivity (Wildman–Crippen MR) is 83.4 cm³/mol. The minimum absolute atomic E-state index is 0.0982. The van der Waals surface area contributed by atoms with Crippen LogP contribution in [-0.2, 0) is 14.9 Å². The fraction of sp³-hybridized carbons (Fsp3) is 0.562. The number of rotatable bonds is 3. The SMILES string of the molecule is CCOC(=O)C1(c2nc3cnccc3s2)CCCCCC1. The van der Waals surface area contributed by atoms with Gasteiger partial charge in [0.1, 0.15) is 10.4 Å². The van der Waals surface area contributed by atoms with Crippen LogP contribution in [0.4, 0.5) is 0 Å². The van der Waals surface area contributed by atoms with Gasteiger partial charge in [-0.15, -0.1) is 11.3 Å². The average molecular weight is 304 g/mol. The lowest BCUT2D eigenvalue weighted by Gasteiger charge is -2.27. The van der Waals surface area contributed by atoms with Crippen LogP contribution >= 0.6 is 11.3 Å². The van der Waals surface area contributed by atoms with Crippen molar-refractivity contribution < 1.29 is 9.53 Å². The first-order valence-corrected chi connectivity index (χ1v) is 8.46. The summed E-state index contributed by atoms with van der Waals surface area (Å²) >= 11 is 1.61. The van der Waals surface area contributed by atoms with Gasteiger partial charge in [-0.3, -0.25) is 9.78 Å². The zero-order valence-electron chi connectivity index (χ0n) is 12.3. The van der Waals surface area contributed by atoms with Gasteiger partial charge in [0.15, 0.2) is 0 Å². The van der Waals surface area contributed by atoms with Crippen molar-refractivity contribution in [1.29, 1.82) is 0 Å². The Morgan fingerprint density at radius 2 is 2.10 bits per heavy atom. The normalized spacial score (nSPS) is 18.3. The molecule has 0 saturated heterocycles. The molecule has 112 valence electrons. The molecule has 0 atom stereocenters. The molecule has 1 aliphatic carbocycles. The summed E-state index contributed by atoms with van der Waals surface area (Å²) in [4.78, 5) is 21.5. The number of nitrogens with zero attached hydrogens (tertiary/aromatic N) is 2. The van der Waals surface area contributed by atoms with Crippen LogP contribution in [0.2, 0.25) is 0 Å². The van der Waals surface area contributed by atoms with E-state index >= 15 is 0 Å². The van der Waals surface area contributed by atoms with E-state index in [1.54, 1.807) is 23.7 Å². The average Bonchev–Trinajstić information content (AvgIpc) is 2.77. The Morgan fingerprint density at radius 3 is 2.76 bits per heavy atom. The Bertz CT molecular complexity index is 597. The minimum atomic E-state index is -0.545. The summed E-state index contributed by atoms with van der Waals surface area (Å²) in [6.45, 7) is 2.29. The van der Waals surface area contributed by atoms with Crippen molar-refractivity contribution in [3.63, 3.8) is 0 Å². The Labute approximate surface area is 128 Å². The van der Waals surface area contributed by atoms with Gasteiger partial charge >= 0.3 is 5.97 Å². The molecule has 4 nitrogen and oxygen atoms in total. The molecular formula is C16H20N2O2S.